The average molecular weight is 380 g/mol. The molecule has 1 atom stereocenters. The maximum atomic E-state index is 12.1. The molecule has 0 aromatic heterocycles. The quantitative estimate of drug-likeness (QED) is 0.367. The summed E-state index contributed by atoms with van der Waals surface area (Å²) in [6.07, 6.45) is 7.64. The first kappa shape index (κ1) is 22.0. The number of carbonyl (C=O) groups excluding carboxylic acids is 1. The van der Waals surface area contributed by atoms with Crippen molar-refractivity contribution in [2.75, 3.05) is 45.8 Å². The Morgan fingerprint density at radius 3 is 2.81 bits per heavy atom. The van der Waals surface area contributed by atoms with E-state index in [2.05, 4.69) is 36.3 Å². The standard InChI is InChI=1S/C21H41N5O/c1-4-22-21(24-16-19-10-8-14-26(19)17-18(2)3)23-12-9-15-25-13-7-5-6-11-20(25)27/h18-19H,4-17H2,1-3H3,(H2,22,23,24)/t19-/m1/s1. The lowest BCUT2D eigenvalue weighted by atomic mass is 10.2. The fraction of sp³-hybridized carbons (Fsp3) is 0.905. The molecule has 0 aromatic rings. The molecule has 1 amide bonds. The maximum Gasteiger partial charge on any atom is 0.222 e. The summed E-state index contributed by atoms with van der Waals surface area (Å²) in [5.41, 5.74) is 0. The Morgan fingerprint density at radius 2 is 2.04 bits per heavy atom. The maximum absolute atomic E-state index is 12.1. The summed E-state index contributed by atoms with van der Waals surface area (Å²) in [7, 11) is 0. The molecule has 6 heteroatoms. The van der Waals surface area contributed by atoms with Crippen LogP contribution in [0.5, 0.6) is 0 Å². The second kappa shape index (κ2) is 12.2. The van der Waals surface area contributed by atoms with Gasteiger partial charge in [-0.1, -0.05) is 20.3 Å². The van der Waals surface area contributed by atoms with E-state index < -0.39 is 0 Å². The number of carbonyl (C=O) groups is 1. The molecule has 2 heterocycles. The van der Waals surface area contributed by atoms with Crippen LogP contribution in [0.4, 0.5) is 0 Å². The predicted molar refractivity (Wildman–Crippen MR) is 113 cm³/mol. The molecule has 0 spiro atoms. The Balaban J connectivity index is 1.73. The van der Waals surface area contributed by atoms with Crippen molar-refractivity contribution >= 4 is 11.9 Å². The van der Waals surface area contributed by atoms with Crippen LogP contribution in [0.15, 0.2) is 4.99 Å². The van der Waals surface area contributed by atoms with E-state index in [4.69, 9.17) is 4.99 Å². The zero-order chi connectivity index (χ0) is 19.5. The lowest BCUT2D eigenvalue weighted by molar-refractivity contribution is -0.130. The van der Waals surface area contributed by atoms with Crippen LogP contribution in [0.1, 0.15) is 65.7 Å². The van der Waals surface area contributed by atoms with E-state index in [9.17, 15) is 4.79 Å². The Labute approximate surface area is 166 Å². The number of likely N-dealkylation sites (tertiary alicyclic amines) is 2. The van der Waals surface area contributed by atoms with Gasteiger partial charge in [-0.2, -0.15) is 0 Å². The molecule has 156 valence electrons. The van der Waals surface area contributed by atoms with Crippen molar-refractivity contribution in [3.8, 4) is 0 Å². The minimum atomic E-state index is 0.333. The van der Waals surface area contributed by atoms with Gasteiger partial charge in [-0.05, 0) is 51.5 Å². The third-order valence-electron chi connectivity index (χ3n) is 5.47. The predicted octanol–water partition coefficient (Wildman–Crippen LogP) is 2.45. The summed E-state index contributed by atoms with van der Waals surface area (Å²) in [6, 6.07) is 0.581. The highest BCUT2D eigenvalue weighted by Gasteiger charge is 2.24. The van der Waals surface area contributed by atoms with Gasteiger partial charge in [0.15, 0.2) is 5.96 Å². The van der Waals surface area contributed by atoms with E-state index in [0.29, 0.717) is 17.9 Å². The number of amides is 1. The third-order valence-corrected chi connectivity index (χ3v) is 5.47. The van der Waals surface area contributed by atoms with Gasteiger partial charge in [0.2, 0.25) is 5.91 Å². The molecule has 2 aliphatic rings. The number of rotatable bonds is 9. The molecule has 6 nitrogen and oxygen atoms in total. The molecule has 2 N–H and O–H groups in total. The second-order valence-corrected chi connectivity index (χ2v) is 8.38. The van der Waals surface area contributed by atoms with Gasteiger partial charge in [-0.3, -0.25) is 14.7 Å². The number of hydrogen-bond donors (Lipinski definition) is 2. The fourth-order valence-corrected chi connectivity index (χ4v) is 4.10. The first-order chi connectivity index (χ1) is 13.1. The Hall–Kier alpha value is -1.30. The summed E-state index contributed by atoms with van der Waals surface area (Å²) in [5, 5.41) is 6.81. The zero-order valence-electron chi connectivity index (χ0n) is 17.8. The molecule has 2 saturated heterocycles. The summed E-state index contributed by atoms with van der Waals surface area (Å²) in [6.45, 7) is 13.5. The van der Waals surface area contributed by atoms with E-state index in [0.717, 1.165) is 64.4 Å². The minimum Gasteiger partial charge on any atom is -0.357 e. The molecule has 0 unspecified atom stereocenters. The molecule has 2 fully saturated rings. The highest BCUT2D eigenvalue weighted by atomic mass is 16.2. The number of nitrogens with one attached hydrogen (secondary N) is 2. The summed E-state index contributed by atoms with van der Waals surface area (Å²) >= 11 is 0. The second-order valence-electron chi connectivity index (χ2n) is 8.38. The van der Waals surface area contributed by atoms with Crippen molar-refractivity contribution in [2.24, 2.45) is 10.9 Å². The zero-order valence-corrected chi connectivity index (χ0v) is 17.8. The van der Waals surface area contributed by atoms with Gasteiger partial charge in [0.05, 0.1) is 6.54 Å². The molecule has 27 heavy (non-hydrogen) atoms. The minimum absolute atomic E-state index is 0.333. The summed E-state index contributed by atoms with van der Waals surface area (Å²) in [4.78, 5) is 21.5. The van der Waals surface area contributed by atoms with Gasteiger partial charge in [-0.15, -0.1) is 0 Å². The van der Waals surface area contributed by atoms with Crippen LogP contribution in [-0.4, -0.2) is 73.5 Å². The fourth-order valence-electron chi connectivity index (χ4n) is 4.10. The van der Waals surface area contributed by atoms with Crippen molar-refractivity contribution in [3.05, 3.63) is 0 Å². The molecule has 0 saturated carbocycles. The van der Waals surface area contributed by atoms with Gasteiger partial charge in [0, 0.05) is 45.2 Å². The van der Waals surface area contributed by atoms with Crippen LogP contribution in [0, 0.1) is 5.92 Å². The van der Waals surface area contributed by atoms with Crippen LogP contribution < -0.4 is 10.6 Å². The number of guanidine groups is 1. The van der Waals surface area contributed by atoms with E-state index in [1.807, 2.05) is 4.90 Å². The van der Waals surface area contributed by atoms with E-state index in [1.54, 1.807) is 0 Å². The van der Waals surface area contributed by atoms with Gasteiger partial charge < -0.3 is 15.5 Å². The monoisotopic (exact) mass is 379 g/mol. The molecular formula is C21H41N5O. The van der Waals surface area contributed by atoms with E-state index in [-0.39, 0.29) is 0 Å². The molecule has 2 aliphatic heterocycles. The van der Waals surface area contributed by atoms with Crippen molar-refractivity contribution in [1.29, 1.82) is 0 Å². The van der Waals surface area contributed by atoms with Crippen molar-refractivity contribution in [3.63, 3.8) is 0 Å². The third kappa shape index (κ3) is 8.08. The highest BCUT2D eigenvalue weighted by molar-refractivity contribution is 5.79. The van der Waals surface area contributed by atoms with Crippen LogP contribution in [0.2, 0.25) is 0 Å². The topological polar surface area (TPSA) is 60.0 Å². The van der Waals surface area contributed by atoms with Gasteiger partial charge >= 0.3 is 0 Å². The molecule has 0 bridgehead atoms. The summed E-state index contributed by atoms with van der Waals surface area (Å²) in [5.74, 6) is 1.96. The Kier molecular flexibility index (Phi) is 9.95. The highest BCUT2D eigenvalue weighted by Crippen LogP contribution is 2.18. The largest absolute Gasteiger partial charge is 0.357 e. The van der Waals surface area contributed by atoms with Crippen LogP contribution >= 0.6 is 0 Å². The lowest BCUT2D eigenvalue weighted by Crippen LogP contribution is -2.41. The van der Waals surface area contributed by atoms with Crippen molar-refractivity contribution in [2.45, 2.75) is 71.8 Å². The first-order valence-electron chi connectivity index (χ1n) is 11.1. The number of aliphatic imine (C=N–C) groups is 1. The lowest BCUT2D eigenvalue weighted by Gasteiger charge is -2.25. The molecule has 2 rings (SSSR count). The van der Waals surface area contributed by atoms with Crippen molar-refractivity contribution < 1.29 is 4.79 Å². The molecular weight excluding hydrogens is 338 g/mol. The molecule has 0 radical (unpaired) electrons. The first-order valence-corrected chi connectivity index (χ1v) is 11.1. The van der Waals surface area contributed by atoms with Crippen LogP contribution in [0.25, 0.3) is 0 Å². The molecule has 0 aromatic carbocycles. The van der Waals surface area contributed by atoms with Crippen LogP contribution in [0.3, 0.4) is 0 Å². The Morgan fingerprint density at radius 1 is 1.19 bits per heavy atom. The normalized spacial score (nSPS) is 22.4. The number of hydrogen-bond acceptors (Lipinski definition) is 3. The Bertz CT molecular complexity index is 465. The van der Waals surface area contributed by atoms with Gasteiger partial charge in [-0.25, -0.2) is 0 Å². The van der Waals surface area contributed by atoms with E-state index in [1.165, 1.54) is 32.4 Å². The summed E-state index contributed by atoms with van der Waals surface area (Å²) < 4.78 is 0. The number of nitrogens with zero attached hydrogens (tertiary/aromatic N) is 3. The van der Waals surface area contributed by atoms with Gasteiger partial charge in [0.1, 0.15) is 0 Å². The molecule has 0 aliphatic carbocycles. The average Bonchev–Trinajstić information content (AvgIpc) is 2.96. The van der Waals surface area contributed by atoms with Crippen LogP contribution in [-0.2, 0) is 4.79 Å². The van der Waals surface area contributed by atoms with Gasteiger partial charge in [0.25, 0.3) is 0 Å². The SMILES string of the molecule is CCNC(=NC[C@H]1CCCN1CC(C)C)NCCCN1CCCCCC1=O. The van der Waals surface area contributed by atoms with Crippen molar-refractivity contribution in [1.82, 2.24) is 20.4 Å². The van der Waals surface area contributed by atoms with E-state index >= 15 is 0 Å². The smallest absolute Gasteiger partial charge is 0.222 e.